The number of rotatable bonds is 6. The van der Waals surface area contributed by atoms with Crippen LogP contribution in [0.15, 0.2) is 18.2 Å². The van der Waals surface area contributed by atoms with Crippen LogP contribution in [0.1, 0.15) is 10.4 Å². The van der Waals surface area contributed by atoms with Crippen molar-refractivity contribution in [3.05, 3.63) is 33.8 Å². The van der Waals surface area contributed by atoms with Crippen LogP contribution < -0.4 is 5.32 Å². The van der Waals surface area contributed by atoms with Crippen LogP contribution in [0.5, 0.6) is 0 Å². The van der Waals surface area contributed by atoms with Crippen molar-refractivity contribution in [2.75, 3.05) is 18.1 Å². The lowest BCUT2D eigenvalue weighted by Crippen LogP contribution is -2.26. The Hall–Kier alpha value is -0.910. The molecule has 7 heteroatoms. The third-order valence-corrected chi connectivity index (χ3v) is 3.44. The van der Waals surface area contributed by atoms with Gasteiger partial charge in [0.15, 0.2) is 0 Å². The first-order valence-corrected chi connectivity index (χ1v) is 6.94. The summed E-state index contributed by atoms with van der Waals surface area (Å²) in [7, 11) is 0. The van der Waals surface area contributed by atoms with Crippen molar-refractivity contribution in [1.29, 1.82) is 0 Å². The van der Waals surface area contributed by atoms with Gasteiger partial charge < -0.3 is 10.4 Å². The van der Waals surface area contributed by atoms with Crippen molar-refractivity contribution in [3.63, 3.8) is 0 Å². The Morgan fingerprint density at radius 1 is 1.33 bits per heavy atom. The topological polar surface area (TPSA) is 66.4 Å². The maximum absolute atomic E-state index is 11.7. The number of carboxylic acid groups (broad SMARTS) is 1. The molecule has 0 saturated heterocycles. The van der Waals surface area contributed by atoms with E-state index in [1.807, 2.05) is 0 Å². The molecule has 0 fully saturated rings. The van der Waals surface area contributed by atoms with Gasteiger partial charge in [-0.05, 0) is 18.2 Å². The largest absolute Gasteiger partial charge is 0.481 e. The highest BCUT2D eigenvalue weighted by molar-refractivity contribution is 7.99. The minimum atomic E-state index is -0.871. The van der Waals surface area contributed by atoms with E-state index in [0.29, 0.717) is 27.9 Å². The lowest BCUT2D eigenvalue weighted by Gasteiger charge is -2.06. The van der Waals surface area contributed by atoms with Crippen LogP contribution in [-0.2, 0) is 4.79 Å². The van der Waals surface area contributed by atoms with Gasteiger partial charge in [0, 0.05) is 17.3 Å². The van der Waals surface area contributed by atoms with Crippen LogP contribution in [0.4, 0.5) is 0 Å². The molecule has 98 valence electrons. The number of halogens is 2. The molecule has 4 nitrogen and oxygen atoms in total. The van der Waals surface area contributed by atoms with E-state index in [1.165, 1.54) is 17.8 Å². The number of hydrogen-bond acceptors (Lipinski definition) is 3. The molecule has 0 aliphatic carbocycles. The molecule has 1 amide bonds. The molecule has 0 saturated carbocycles. The third kappa shape index (κ3) is 5.16. The van der Waals surface area contributed by atoms with Gasteiger partial charge in [0.1, 0.15) is 0 Å². The smallest absolute Gasteiger partial charge is 0.313 e. The van der Waals surface area contributed by atoms with Crippen LogP contribution in [0, 0.1) is 0 Å². The summed E-state index contributed by atoms with van der Waals surface area (Å²) in [6, 6.07) is 4.64. The average Bonchev–Trinajstić information content (AvgIpc) is 2.31. The minimum absolute atomic E-state index is 0.0216. The van der Waals surface area contributed by atoms with Crippen LogP contribution >= 0.6 is 35.0 Å². The molecule has 18 heavy (non-hydrogen) atoms. The molecule has 0 unspecified atom stereocenters. The molecule has 0 aromatic heterocycles. The van der Waals surface area contributed by atoms with Gasteiger partial charge in [-0.25, -0.2) is 0 Å². The third-order valence-electron chi connectivity index (χ3n) is 1.93. The summed E-state index contributed by atoms with van der Waals surface area (Å²) in [6.45, 7) is 0.375. The first-order chi connectivity index (χ1) is 8.50. The maximum atomic E-state index is 11.7. The summed E-state index contributed by atoms with van der Waals surface area (Å²) in [6.07, 6.45) is 0. The maximum Gasteiger partial charge on any atom is 0.313 e. The van der Waals surface area contributed by atoms with E-state index >= 15 is 0 Å². The zero-order chi connectivity index (χ0) is 13.5. The number of carbonyl (C=O) groups is 2. The highest BCUT2D eigenvalue weighted by Crippen LogP contribution is 2.20. The van der Waals surface area contributed by atoms with Crippen molar-refractivity contribution in [1.82, 2.24) is 5.32 Å². The molecular formula is C11H11Cl2NO3S. The van der Waals surface area contributed by atoms with Crippen LogP contribution in [0.3, 0.4) is 0 Å². The van der Waals surface area contributed by atoms with Gasteiger partial charge >= 0.3 is 5.97 Å². The molecule has 0 atom stereocenters. The van der Waals surface area contributed by atoms with Crippen LogP contribution in [0.25, 0.3) is 0 Å². The summed E-state index contributed by atoms with van der Waals surface area (Å²) >= 11 is 12.9. The number of carbonyl (C=O) groups excluding carboxylic acids is 1. The summed E-state index contributed by atoms with van der Waals surface area (Å²) in [5.41, 5.74) is 0.312. The highest BCUT2D eigenvalue weighted by atomic mass is 35.5. The number of carboxylic acids is 1. The van der Waals surface area contributed by atoms with Crippen LogP contribution in [-0.4, -0.2) is 35.0 Å². The zero-order valence-electron chi connectivity index (χ0n) is 9.28. The Labute approximate surface area is 119 Å². The predicted octanol–water partition coefficient (Wildman–Crippen LogP) is 2.54. The molecule has 0 bridgehead atoms. The second-order valence-corrected chi connectivity index (χ2v) is 5.28. The van der Waals surface area contributed by atoms with Gasteiger partial charge in [-0.1, -0.05) is 23.2 Å². The van der Waals surface area contributed by atoms with E-state index in [4.69, 9.17) is 28.3 Å². The van der Waals surface area contributed by atoms with E-state index in [2.05, 4.69) is 5.32 Å². The monoisotopic (exact) mass is 307 g/mol. The van der Waals surface area contributed by atoms with Crippen molar-refractivity contribution < 1.29 is 14.7 Å². The Morgan fingerprint density at radius 2 is 2.06 bits per heavy atom. The van der Waals surface area contributed by atoms with Crippen molar-refractivity contribution >= 4 is 46.8 Å². The standard InChI is InChI=1S/C11H11Cl2NO3S/c12-7-1-2-9(13)8(5-7)11(17)14-3-4-18-6-10(15)16/h1-2,5H,3-4,6H2,(H,14,17)(H,15,16). The minimum Gasteiger partial charge on any atom is -0.481 e. The van der Waals surface area contributed by atoms with Crippen molar-refractivity contribution in [2.24, 2.45) is 0 Å². The molecule has 1 aromatic rings. The lowest BCUT2D eigenvalue weighted by atomic mass is 10.2. The van der Waals surface area contributed by atoms with Crippen molar-refractivity contribution in [3.8, 4) is 0 Å². The van der Waals surface area contributed by atoms with E-state index in [0.717, 1.165) is 0 Å². The number of hydrogen-bond donors (Lipinski definition) is 2. The molecule has 0 aliphatic heterocycles. The van der Waals surface area contributed by atoms with Gasteiger partial charge in [0.05, 0.1) is 16.3 Å². The first kappa shape index (κ1) is 15.1. The Balaban J connectivity index is 2.41. The van der Waals surface area contributed by atoms with Crippen LogP contribution in [0.2, 0.25) is 10.0 Å². The lowest BCUT2D eigenvalue weighted by molar-refractivity contribution is -0.133. The molecular weight excluding hydrogens is 297 g/mol. The normalized spacial score (nSPS) is 10.1. The Kier molecular flexibility index (Phi) is 6.32. The SMILES string of the molecule is O=C(O)CSCCNC(=O)c1cc(Cl)ccc1Cl. The fourth-order valence-corrected chi connectivity index (χ4v) is 2.10. The van der Waals surface area contributed by atoms with E-state index < -0.39 is 5.97 Å². The number of amides is 1. The molecule has 0 spiro atoms. The van der Waals surface area contributed by atoms with Gasteiger partial charge in [-0.2, -0.15) is 0 Å². The second kappa shape index (κ2) is 7.51. The number of benzene rings is 1. The summed E-state index contributed by atoms with van der Waals surface area (Å²) in [4.78, 5) is 22.0. The van der Waals surface area contributed by atoms with Crippen molar-refractivity contribution in [2.45, 2.75) is 0 Å². The highest BCUT2D eigenvalue weighted by Gasteiger charge is 2.10. The van der Waals surface area contributed by atoms with Gasteiger partial charge in [-0.15, -0.1) is 11.8 Å². The summed E-state index contributed by atoms with van der Waals surface area (Å²) < 4.78 is 0. The molecule has 0 aliphatic rings. The number of thioether (sulfide) groups is 1. The van der Waals surface area contributed by atoms with E-state index in [-0.39, 0.29) is 11.7 Å². The summed E-state index contributed by atoms with van der Waals surface area (Å²) in [5, 5.41) is 11.8. The quantitative estimate of drug-likeness (QED) is 0.793. The van der Waals surface area contributed by atoms with Gasteiger partial charge in [-0.3, -0.25) is 9.59 Å². The average molecular weight is 308 g/mol. The second-order valence-electron chi connectivity index (χ2n) is 3.33. The zero-order valence-corrected chi connectivity index (χ0v) is 11.6. The van der Waals surface area contributed by atoms with Gasteiger partial charge in [0.2, 0.25) is 0 Å². The Morgan fingerprint density at radius 3 is 2.72 bits per heavy atom. The fourth-order valence-electron chi connectivity index (χ4n) is 1.16. The molecule has 1 rings (SSSR count). The molecule has 2 N–H and O–H groups in total. The molecule has 1 aromatic carbocycles. The summed E-state index contributed by atoms with van der Waals surface area (Å²) in [5.74, 6) is -0.646. The first-order valence-electron chi connectivity index (χ1n) is 5.03. The molecule has 0 radical (unpaired) electrons. The van der Waals surface area contributed by atoms with E-state index in [1.54, 1.807) is 12.1 Å². The van der Waals surface area contributed by atoms with Gasteiger partial charge in [0.25, 0.3) is 5.91 Å². The molecule has 0 heterocycles. The number of nitrogens with one attached hydrogen (secondary N) is 1. The predicted molar refractivity (Wildman–Crippen MR) is 73.8 cm³/mol. The number of aliphatic carboxylic acids is 1. The Bertz CT molecular complexity index is 454. The fraction of sp³-hybridized carbons (Fsp3) is 0.273. The van der Waals surface area contributed by atoms with E-state index in [9.17, 15) is 9.59 Å².